The van der Waals surface area contributed by atoms with E-state index in [0.717, 1.165) is 13.1 Å². The summed E-state index contributed by atoms with van der Waals surface area (Å²) < 4.78 is 12.4. The highest BCUT2D eigenvalue weighted by Crippen LogP contribution is 2.58. The van der Waals surface area contributed by atoms with Crippen LogP contribution in [0.4, 0.5) is 0 Å². The molecule has 3 saturated heterocycles. The van der Waals surface area contributed by atoms with Gasteiger partial charge in [-0.1, -0.05) is 38.2 Å². The van der Waals surface area contributed by atoms with Gasteiger partial charge in [0, 0.05) is 46.3 Å². The molecule has 5 aliphatic rings. The van der Waals surface area contributed by atoms with Gasteiger partial charge in [-0.25, -0.2) is 0 Å². The molecule has 3 amide bonds. The molecule has 1 N–H and O–H groups in total. The van der Waals surface area contributed by atoms with Crippen molar-refractivity contribution >= 4 is 17.7 Å². The third-order valence-electron chi connectivity index (χ3n) is 9.03. The largest absolute Gasteiger partial charge is 0.394 e. The third kappa shape index (κ3) is 4.04. The molecular formula is C27H40N4O6. The number of rotatable bonds is 7. The van der Waals surface area contributed by atoms with Gasteiger partial charge in [-0.2, -0.15) is 0 Å². The van der Waals surface area contributed by atoms with Crippen LogP contribution < -0.4 is 0 Å². The van der Waals surface area contributed by atoms with Crippen molar-refractivity contribution in [3.8, 4) is 0 Å². The van der Waals surface area contributed by atoms with E-state index in [1.54, 1.807) is 21.7 Å². The zero-order valence-corrected chi connectivity index (χ0v) is 22.2. The molecule has 0 radical (unpaired) electrons. The lowest BCUT2D eigenvalue weighted by Gasteiger charge is -2.41. The molecule has 5 heterocycles. The van der Waals surface area contributed by atoms with Gasteiger partial charge in [0.15, 0.2) is 0 Å². The highest BCUT2D eigenvalue weighted by atomic mass is 16.5. The third-order valence-corrected chi connectivity index (χ3v) is 9.03. The van der Waals surface area contributed by atoms with E-state index in [2.05, 4.69) is 4.90 Å². The van der Waals surface area contributed by atoms with Crippen molar-refractivity contribution in [1.82, 2.24) is 19.6 Å². The van der Waals surface area contributed by atoms with Crippen molar-refractivity contribution in [1.29, 1.82) is 0 Å². The maximum Gasteiger partial charge on any atom is 0.249 e. The van der Waals surface area contributed by atoms with Crippen molar-refractivity contribution in [2.45, 2.75) is 50.0 Å². The van der Waals surface area contributed by atoms with E-state index in [0.29, 0.717) is 52.2 Å². The molecule has 1 spiro atoms. The molecule has 0 aromatic heterocycles. The lowest BCUT2D eigenvalue weighted by atomic mass is 9.73. The summed E-state index contributed by atoms with van der Waals surface area (Å²) in [5.74, 6) is -2.19. The van der Waals surface area contributed by atoms with E-state index in [1.165, 1.54) is 0 Å². The van der Waals surface area contributed by atoms with Gasteiger partial charge in [0.25, 0.3) is 0 Å². The molecule has 10 nitrogen and oxygen atoms in total. The van der Waals surface area contributed by atoms with Crippen molar-refractivity contribution in [3.05, 3.63) is 24.3 Å². The number of carbonyl (C=O) groups is 3. The van der Waals surface area contributed by atoms with Gasteiger partial charge in [-0.3, -0.25) is 19.3 Å². The van der Waals surface area contributed by atoms with E-state index in [4.69, 9.17) is 9.47 Å². The number of nitrogens with zero attached hydrogens (tertiary/aromatic N) is 4. The SMILES string of the molecule is CC[C@@H](CO)N1C(=O)[C@@H]2[C@@H]3C(=O)N(C)CC=C[C@]3(CC)O[C@@]23C=CCN(CCN2CCOCC2)C(=O)C13. The van der Waals surface area contributed by atoms with E-state index < -0.39 is 35.1 Å². The van der Waals surface area contributed by atoms with Crippen LogP contribution in [0.25, 0.3) is 0 Å². The van der Waals surface area contributed by atoms with E-state index in [-0.39, 0.29) is 24.3 Å². The molecule has 6 atom stereocenters. The number of hydrogen-bond acceptors (Lipinski definition) is 7. The Morgan fingerprint density at radius 2 is 1.73 bits per heavy atom. The smallest absolute Gasteiger partial charge is 0.249 e. The lowest BCUT2D eigenvalue weighted by molar-refractivity contribution is -0.157. The molecule has 0 aromatic carbocycles. The first-order valence-electron chi connectivity index (χ1n) is 13.7. The average molecular weight is 517 g/mol. The number of hydrogen-bond donors (Lipinski definition) is 1. The topological polar surface area (TPSA) is 103 Å². The van der Waals surface area contributed by atoms with Crippen molar-refractivity contribution < 1.29 is 29.0 Å². The summed E-state index contributed by atoms with van der Waals surface area (Å²) >= 11 is 0. The fraction of sp³-hybridized carbons (Fsp3) is 0.741. The van der Waals surface area contributed by atoms with Crippen LogP contribution in [-0.2, 0) is 23.9 Å². The van der Waals surface area contributed by atoms with Crippen LogP contribution in [0.3, 0.4) is 0 Å². The van der Waals surface area contributed by atoms with Gasteiger partial charge in [-0.05, 0) is 12.8 Å². The number of likely N-dealkylation sites (N-methyl/N-ethyl adjacent to an activating group) is 1. The summed E-state index contributed by atoms with van der Waals surface area (Å²) in [7, 11) is 1.74. The Kier molecular flexibility index (Phi) is 7.21. The zero-order chi connectivity index (χ0) is 26.4. The Morgan fingerprint density at radius 3 is 2.41 bits per heavy atom. The summed E-state index contributed by atoms with van der Waals surface area (Å²) in [6.07, 6.45) is 8.66. The second-order valence-electron chi connectivity index (χ2n) is 10.9. The maximum atomic E-state index is 14.3. The van der Waals surface area contributed by atoms with E-state index in [1.807, 2.05) is 38.2 Å². The van der Waals surface area contributed by atoms with Gasteiger partial charge in [0.2, 0.25) is 17.7 Å². The van der Waals surface area contributed by atoms with E-state index in [9.17, 15) is 19.5 Å². The van der Waals surface area contributed by atoms with Gasteiger partial charge >= 0.3 is 0 Å². The minimum Gasteiger partial charge on any atom is -0.394 e. The van der Waals surface area contributed by atoms with Crippen molar-refractivity contribution in [2.75, 3.05) is 66.1 Å². The predicted octanol–water partition coefficient (Wildman–Crippen LogP) is -0.123. The van der Waals surface area contributed by atoms with Gasteiger partial charge in [-0.15, -0.1) is 0 Å². The first-order valence-corrected chi connectivity index (χ1v) is 13.7. The molecule has 3 fully saturated rings. The monoisotopic (exact) mass is 516 g/mol. The quantitative estimate of drug-likeness (QED) is 0.471. The van der Waals surface area contributed by atoms with Crippen LogP contribution in [0.1, 0.15) is 26.7 Å². The summed E-state index contributed by atoms with van der Waals surface area (Å²) in [4.78, 5) is 49.6. The molecule has 5 rings (SSSR count). The van der Waals surface area contributed by atoms with Crippen LogP contribution >= 0.6 is 0 Å². The molecule has 0 saturated carbocycles. The fourth-order valence-corrected chi connectivity index (χ4v) is 6.96. The standard InChI is InChI=1S/C27H40N4O6/c1-4-19(18-32)31-22-25(35)30(13-12-29-14-16-36-17-15-29)11-7-9-27(22)21(24(31)34)20-23(33)28(3)10-6-8-26(20,5-2)37-27/h6-9,19-22,32H,4-5,10-18H2,1-3H3/t19-,20+,21-,22?,26-,27-/m0/s1. The molecule has 5 aliphatic heterocycles. The predicted molar refractivity (Wildman–Crippen MR) is 135 cm³/mol. The number of ether oxygens (including phenoxy) is 2. The van der Waals surface area contributed by atoms with Crippen molar-refractivity contribution in [2.24, 2.45) is 11.8 Å². The number of aliphatic hydroxyl groups is 1. The second kappa shape index (κ2) is 10.1. The van der Waals surface area contributed by atoms with Crippen LogP contribution in [0.2, 0.25) is 0 Å². The van der Waals surface area contributed by atoms with Crippen LogP contribution in [0, 0.1) is 11.8 Å². The Hall–Kier alpha value is -2.27. The zero-order valence-electron chi connectivity index (χ0n) is 22.2. The molecule has 0 aliphatic carbocycles. The van der Waals surface area contributed by atoms with Crippen molar-refractivity contribution in [3.63, 3.8) is 0 Å². The maximum absolute atomic E-state index is 14.3. The summed E-state index contributed by atoms with van der Waals surface area (Å²) in [6.45, 7) is 8.70. The van der Waals surface area contributed by atoms with Crippen LogP contribution in [0.15, 0.2) is 24.3 Å². The molecule has 0 bridgehead atoms. The van der Waals surface area contributed by atoms with Crippen LogP contribution in [-0.4, -0.2) is 132 Å². The summed E-state index contributed by atoms with van der Waals surface area (Å²) in [6, 6.07) is -1.47. The Bertz CT molecular complexity index is 976. The van der Waals surface area contributed by atoms with E-state index >= 15 is 0 Å². The highest BCUT2D eigenvalue weighted by molar-refractivity contribution is 6.00. The first-order chi connectivity index (χ1) is 17.8. The minimum atomic E-state index is -1.27. The lowest BCUT2D eigenvalue weighted by Crippen LogP contribution is -2.59. The number of fused-ring (bicyclic) bond motifs is 2. The van der Waals surface area contributed by atoms with Gasteiger partial charge in [0.05, 0.1) is 43.3 Å². The van der Waals surface area contributed by atoms with Gasteiger partial charge < -0.3 is 29.3 Å². The summed E-state index contributed by atoms with van der Waals surface area (Å²) in [5, 5.41) is 10.2. The fourth-order valence-electron chi connectivity index (χ4n) is 6.96. The molecule has 37 heavy (non-hydrogen) atoms. The molecule has 1 unspecified atom stereocenters. The Labute approximate surface area is 218 Å². The Balaban J connectivity index is 1.56. The first kappa shape index (κ1) is 26.3. The van der Waals surface area contributed by atoms with Crippen LogP contribution in [0.5, 0.6) is 0 Å². The highest BCUT2D eigenvalue weighted by Gasteiger charge is 2.75. The molecular weight excluding hydrogens is 476 g/mol. The Morgan fingerprint density at radius 1 is 1.00 bits per heavy atom. The number of aliphatic hydroxyl groups excluding tert-OH is 1. The number of carbonyl (C=O) groups excluding carboxylic acids is 3. The molecule has 204 valence electrons. The molecule has 10 heteroatoms. The number of morpholine rings is 1. The average Bonchev–Trinajstić information content (AvgIpc) is 3.21. The minimum absolute atomic E-state index is 0.144. The number of amides is 3. The normalized spacial score (nSPS) is 36.9. The molecule has 0 aromatic rings. The second-order valence-corrected chi connectivity index (χ2v) is 10.9. The number of likely N-dealkylation sites (tertiary alicyclic amines) is 1. The van der Waals surface area contributed by atoms with Gasteiger partial charge in [0.1, 0.15) is 11.6 Å². The summed E-state index contributed by atoms with van der Waals surface area (Å²) in [5.41, 5.74) is -2.25.